The second kappa shape index (κ2) is 7.49. The Kier molecular flexibility index (Phi) is 5.15. The first-order chi connectivity index (χ1) is 12.1. The van der Waals surface area contributed by atoms with Crippen molar-refractivity contribution in [3.05, 3.63) is 101 Å². The second-order valence-electron chi connectivity index (χ2n) is 6.02. The Morgan fingerprint density at radius 2 is 1.40 bits per heavy atom. The molecule has 1 unspecified atom stereocenters. The van der Waals surface area contributed by atoms with Crippen LogP contribution in [0.2, 0.25) is 0 Å². The van der Waals surface area contributed by atoms with E-state index in [1.165, 1.54) is 12.1 Å². The molecule has 0 saturated carbocycles. The van der Waals surface area contributed by atoms with E-state index in [2.05, 4.69) is 0 Å². The minimum absolute atomic E-state index is 0.313. The fourth-order valence-electron chi connectivity index (χ4n) is 2.87. The Morgan fingerprint density at radius 3 is 1.96 bits per heavy atom. The average Bonchev–Trinajstić information content (AvgIpc) is 2.67. The van der Waals surface area contributed by atoms with Crippen molar-refractivity contribution < 1.29 is 14.2 Å². The lowest BCUT2D eigenvalue weighted by Crippen LogP contribution is -2.26. The highest BCUT2D eigenvalue weighted by molar-refractivity contribution is 5.39. The van der Waals surface area contributed by atoms with Crippen LogP contribution in [0.3, 0.4) is 0 Å². The van der Waals surface area contributed by atoms with Crippen molar-refractivity contribution in [1.82, 2.24) is 0 Å². The maximum absolute atomic E-state index is 13.2. The predicted octanol–water partition coefficient (Wildman–Crippen LogP) is 5.05. The molecule has 0 spiro atoms. The molecule has 0 fully saturated rings. The summed E-state index contributed by atoms with van der Waals surface area (Å²) in [6, 6.07) is 23.3. The zero-order valence-electron chi connectivity index (χ0n) is 14.2. The van der Waals surface area contributed by atoms with Crippen molar-refractivity contribution in [2.75, 3.05) is 0 Å². The van der Waals surface area contributed by atoms with E-state index in [0.717, 1.165) is 16.9 Å². The SMILES string of the molecule is CCC(O)(c1ccc(F)cc1)c1ccc(OCc2ccccc2)cc1. The maximum atomic E-state index is 13.2. The van der Waals surface area contributed by atoms with Crippen LogP contribution in [0.4, 0.5) is 4.39 Å². The van der Waals surface area contributed by atoms with E-state index in [0.29, 0.717) is 18.6 Å². The van der Waals surface area contributed by atoms with Gasteiger partial charge in [0.15, 0.2) is 0 Å². The third-order valence-electron chi connectivity index (χ3n) is 4.41. The van der Waals surface area contributed by atoms with Crippen LogP contribution >= 0.6 is 0 Å². The van der Waals surface area contributed by atoms with Crippen LogP contribution in [0.5, 0.6) is 5.75 Å². The lowest BCUT2D eigenvalue weighted by molar-refractivity contribution is 0.0764. The van der Waals surface area contributed by atoms with Crippen molar-refractivity contribution >= 4 is 0 Å². The highest BCUT2D eigenvalue weighted by Gasteiger charge is 2.29. The molecular weight excluding hydrogens is 315 g/mol. The van der Waals surface area contributed by atoms with E-state index in [9.17, 15) is 9.50 Å². The molecule has 3 aromatic rings. The highest BCUT2D eigenvalue weighted by Crippen LogP contribution is 2.33. The zero-order valence-corrected chi connectivity index (χ0v) is 14.2. The molecule has 0 aromatic heterocycles. The molecular formula is C22H21FO2. The molecule has 0 radical (unpaired) electrons. The Balaban J connectivity index is 1.76. The molecule has 0 heterocycles. The van der Waals surface area contributed by atoms with Gasteiger partial charge in [0.1, 0.15) is 23.8 Å². The van der Waals surface area contributed by atoms with Gasteiger partial charge in [-0.25, -0.2) is 4.39 Å². The van der Waals surface area contributed by atoms with Gasteiger partial charge in [0.25, 0.3) is 0 Å². The van der Waals surface area contributed by atoms with Gasteiger partial charge >= 0.3 is 0 Å². The van der Waals surface area contributed by atoms with Gasteiger partial charge < -0.3 is 9.84 Å². The molecule has 2 nitrogen and oxygen atoms in total. The van der Waals surface area contributed by atoms with Crippen molar-refractivity contribution in [2.24, 2.45) is 0 Å². The third kappa shape index (κ3) is 3.89. The third-order valence-corrected chi connectivity index (χ3v) is 4.41. The van der Waals surface area contributed by atoms with Crippen molar-refractivity contribution in [3.8, 4) is 5.75 Å². The van der Waals surface area contributed by atoms with Gasteiger partial charge in [0.2, 0.25) is 0 Å². The molecule has 0 saturated heterocycles. The van der Waals surface area contributed by atoms with Crippen LogP contribution in [0, 0.1) is 5.82 Å². The first-order valence-electron chi connectivity index (χ1n) is 8.37. The van der Waals surface area contributed by atoms with E-state index in [1.807, 2.05) is 61.5 Å². The molecule has 0 bridgehead atoms. The number of benzene rings is 3. The lowest BCUT2D eigenvalue weighted by Gasteiger charge is -2.28. The lowest BCUT2D eigenvalue weighted by atomic mass is 9.84. The summed E-state index contributed by atoms with van der Waals surface area (Å²) < 4.78 is 18.9. The first kappa shape index (κ1) is 17.2. The van der Waals surface area contributed by atoms with Gasteiger partial charge in [-0.15, -0.1) is 0 Å². The molecule has 128 valence electrons. The summed E-state index contributed by atoms with van der Waals surface area (Å²) in [5.74, 6) is 0.428. The fraction of sp³-hybridized carbons (Fsp3) is 0.182. The molecule has 3 heteroatoms. The summed E-state index contributed by atoms with van der Waals surface area (Å²) in [5.41, 5.74) is 1.39. The Morgan fingerprint density at radius 1 is 0.840 bits per heavy atom. The molecule has 3 aromatic carbocycles. The van der Waals surface area contributed by atoms with Crippen molar-refractivity contribution in [3.63, 3.8) is 0 Å². The van der Waals surface area contributed by atoms with Crippen molar-refractivity contribution in [2.45, 2.75) is 25.6 Å². The summed E-state index contributed by atoms with van der Waals surface area (Å²) in [6.07, 6.45) is 0.489. The smallest absolute Gasteiger partial charge is 0.123 e. The summed E-state index contributed by atoms with van der Waals surface area (Å²) >= 11 is 0. The topological polar surface area (TPSA) is 29.5 Å². The number of hydrogen-bond donors (Lipinski definition) is 1. The van der Waals surface area contributed by atoms with Crippen LogP contribution < -0.4 is 4.74 Å². The van der Waals surface area contributed by atoms with Gasteiger partial charge in [0.05, 0.1) is 0 Å². The quantitative estimate of drug-likeness (QED) is 0.682. The number of rotatable bonds is 6. The molecule has 3 rings (SSSR count). The molecule has 0 aliphatic carbocycles. The van der Waals surface area contributed by atoms with E-state index < -0.39 is 5.60 Å². The molecule has 25 heavy (non-hydrogen) atoms. The number of ether oxygens (including phenoxy) is 1. The summed E-state index contributed by atoms with van der Waals surface area (Å²) in [4.78, 5) is 0. The molecule has 0 aliphatic heterocycles. The summed E-state index contributed by atoms with van der Waals surface area (Å²) in [7, 11) is 0. The maximum Gasteiger partial charge on any atom is 0.123 e. The van der Waals surface area contributed by atoms with Crippen molar-refractivity contribution in [1.29, 1.82) is 0 Å². The minimum Gasteiger partial charge on any atom is -0.489 e. The highest BCUT2D eigenvalue weighted by atomic mass is 19.1. The summed E-state index contributed by atoms with van der Waals surface area (Å²) in [5, 5.41) is 11.1. The van der Waals surface area contributed by atoms with Gasteiger partial charge in [-0.05, 0) is 47.4 Å². The zero-order chi connectivity index (χ0) is 17.7. The minimum atomic E-state index is -1.15. The largest absolute Gasteiger partial charge is 0.489 e. The standard InChI is InChI=1S/C22H21FO2/c1-2-22(24,18-8-12-20(23)13-9-18)19-10-14-21(15-11-19)25-16-17-6-4-3-5-7-17/h3-15,24H,2,16H2,1H3. The summed E-state index contributed by atoms with van der Waals surface area (Å²) in [6.45, 7) is 2.40. The van der Waals surface area contributed by atoms with Gasteiger partial charge in [0, 0.05) is 0 Å². The Hall–Kier alpha value is -2.65. The van der Waals surface area contributed by atoms with Crippen LogP contribution in [-0.2, 0) is 12.2 Å². The number of halogens is 1. The van der Waals surface area contributed by atoms with Gasteiger partial charge in [-0.1, -0.05) is 61.5 Å². The molecule has 0 amide bonds. The van der Waals surface area contributed by atoms with Crippen LogP contribution in [0.15, 0.2) is 78.9 Å². The average molecular weight is 336 g/mol. The van der Waals surface area contributed by atoms with E-state index >= 15 is 0 Å². The van der Waals surface area contributed by atoms with Crippen LogP contribution in [-0.4, -0.2) is 5.11 Å². The molecule has 1 N–H and O–H groups in total. The predicted molar refractivity (Wildman–Crippen MR) is 96.9 cm³/mol. The Bertz CT molecular complexity index is 798. The van der Waals surface area contributed by atoms with E-state index in [1.54, 1.807) is 12.1 Å². The molecule has 0 aliphatic rings. The fourth-order valence-corrected chi connectivity index (χ4v) is 2.87. The van der Waals surface area contributed by atoms with E-state index in [4.69, 9.17) is 4.74 Å². The number of hydrogen-bond acceptors (Lipinski definition) is 2. The van der Waals surface area contributed by atoms with Crippen LogP contribution in [0.1, 0.15) is 30.0 Å². The first-order valence-corrected chi connectivity index (χ1v) is 8.37. The molecule has 1 atom stereocenters. The normalized spacial score (nSPS) is 13.2. The second-order valence-corrected chi connectivity index (χ2v) is 6.02. The Labute approximate surface area is 147 Å². The van der Waals surface area contributed by atoms with E-state index in [-0.39, 0.29) is 5.82 Å². The van der Waals surface area contributed by atoms with Gasteiger partial charge in [-0.3, -0.25) is 0 Å². The number of aliphatic hydroxyl groups is 1. The van der Waals surface area contributed by atoms with Crippen LogP contribution in [0.25, 0.3) is 0 Å². The monoisotopic (exact) mass is 336 g/mol. The van der Waals surface area contributed by atoms with Gasteiger partial charge in [-0.2, -0.15) is 0 Å².